The summed E-state index contributed by atoms with van der Waals surface area (Å²) in [7, 11) is 0. The number of hydrogen-bond acceptors (Lipinski definition) is 5. The van der Waals surface area contributed by atoms with Crippen molar-refractivity contribution in [3.63, 3.8) is 0 Å². The van der Waals surface area contributed by atoms with Crippen LogP contribution in [0.4, 0.5) is 11.4 Å². The third-order valence-corrected chi connectivity index (χ3v) is 4.06. The van der Waals surface area contributed by atoms with Crippen LogP contribution < -0.4 is 15.4 Å². The first-order valence-corrected chi connectivity index (χ1v) is 8.12. The highest BCUT2D eigenvalue weighted by Gasteiger charge is 2.28. The SMILES string of the molecule is O=C(NCCNc1ccc([N+](=O)[O-])cc1)[C@@H]1Cc2cc(Cl)ccc2O1. The lowest BCUT2D eigenvalue weighted by atomic mass is 10.1. The smallest absolute Gasteiger partial charge is 0.269 e. The number of nitrogens with one attached hydrogen (secondary N) is 2. The van der Waals surface area contributed by atoms with E-state index in [0.717, 1.165) is 11.3 Å². The van der Waals surface area contributed by atoms with Gasteiger partial charge in [0.15, 0.2) is 6.10 Å². The lowest BCUT2D eigenvalue weighted by Crippen LogP contribution is -2.39. The van der Waals surface area contributed by atoms with Gasteiger partial charge in [0.2, 0.25) is 0 Å². The molecule has 0 spiro atoms. The van der Waals surface area contributed by atoms with Crippen molar-refractivity contribution >= 4 is 28.9 Å². The molecule has 1 amide bonds. The number of amides is 1. The molecule has 0 unspecified atom stereocenters. The van der Waals surface area contributed by atoms with Crippen LogP contribution in [0.5, 0.6) is 5.75 Å². The van der Waals surface area contributed by atoms with Gasteiger partial charge in [0.05, 0.1) is 4.92 Å². The molecule has 0 aromatic heterocycles. The number of carbonyl (C=O) groups is 1. The molecule has 130 valence electrons. The molecule has 0 saturated carbocycles. The van der Waals surface area contributed by atoms with E-state index in [-0.39, 0.29) is 11.6 Å². The minimum Gasteiger partial charge on any atom is -0.480 e. The Kier molecular flexibility index (Phi) is 5.04. The van der Waals surface area contributed by atoms with E-state index in [2.05, 4.69) is 10.6 Å². The molecule has 8 heteroatoms. The van der Waals surface area contributed by atoms with E-state index >= 15 is 0 Å². The summed E-state index contributed by atoms with van der Waals surface area (Å²) >= 11 is 5.94. The quantitative estimate of drug-likeness (QED) is 0.469. The van der Waals surface area contributed by atoms with E-state index in [1.807, 2.05) is 0 Å². The van der Waals surface area contributed by atoms with Gasteiger partial charge < -0.3 is 15.4 Å². The fourth-order valence-corrected chi connectivity index (χ4v) is 2.77. The summed E-state index contributed by atoms with van der Waals surface area (Å²) in [5, 5.41) is 17.1. The normalized spacial score (nSPS) is 15.2. The number of nitro groups is 1. The Hall–Kier alpha value is -2.80. The van der Waals surface area contributed by atoms with Crippen LogP contribution in [0.25, 0.3) is 0 Å². The molecule has 3 rings (SSSR count). The number of hydrogen-bond donors (Lipinski definition) is 2. The van der Waals surface area contributed by atoms with Crippen molar-refractivity contribution in [1.82, 2.24) is 5.32 Å². The number of benzene rings is 2. The molecule has 0 saturated heterocycles. The summed E-state index contributed by atoms with van der Waals surface area (Å²) in [6.45, 7) is 0.905. The molecule has 2 aromatic rings. The fourth-order valence-electron chi connectivity index (χ4n) is 2.57. The number of nitrogens with zero attached hydrogens (tertiary/aromatic N) is 1. The summed E-state index contributed by atoms with van der Waals surface area (Å²) in [5.74, 6) is 0.506. The zero-order valence-electron chi connectivity index (χ0n) is 13.2. The lowest BCUT2D eigenvalue weighted by Gasteiger charge is -2.12. The largest absolute Gasteiger partial charge is 0.480 e. The van der Waals surface area contributed by atoms with Crippen LogP contribution >= 0.6 is 11.6 Å². The number of nitro benzene ring substituents is 1. The van der Waals surface area contributed by atoms with E-state index in [1.54, 1.807) is 30.3 Å². The first-order valence-electron chi connectivity index (χ1n) is 7.74. The number of rotatable bonds is 6. The van der Waals surface area contributed by atoms with Gasteiger partial charge >= 0.3 is 0 Å². The maximum atomic E-state index is 12.2. The molecule has 25 heavy (non-hydrogen) atoms. The van der Waals surface area contributed by atoms with Crippen LogP contribution in [0, 0.1) is 10.1 Å². The molecule has 2 aromatic carbocycles. The van der Waals surface area contributed by atoms with E-state index in [9.17, 15) is 14.9 Å². The van der Waals surface area contributed by atoms with Gasteiger partial charge in [-0.15, -0.1) is 0 Å². The second kappa shape index (κ2) is 7.40. The summed E-state index contributed by atoms with van der Waals surface area (Å²) < 4.78 is 5.62. The second-order valence-electron chi connectivity index (χ2n) is 5.58. The van der Waals surface area contributed by atoms with Crippen LogP contribution in [0.2, 0.25) is 5.02 Å². The number of non-ortho nitro benzene ring substituents is 1. The van der Waals surface area contributed by atoms with Crippen molar-refractivity contribution in [2.45, 2.75) is 12.5 Å². The Balaban J connectivity index is 1.42. The van der Waals surface area contributed by atoms with Crippen molar-refractivity contribution in [3.8, 4) is 5.75 Å². The van der Waals surface area contributed by atoms with E-state index < -0.39 is 11.0 Å². The molecule has 0 fully saturated rings. The molecule has 0 bridgehead atoms. The Bertz CT molecular complexity index is 795. The minimum atomic E-state index is -0.548. The van der Waals surface area contributed by atoms with Crippen LogP contribution in [-0.2, 0) is 11.2 Å². The minimum absolute atomic E-state index is 0.0388. The number of fused-ring (bicyclic) bond motifs is 1. The number of ether oxygens (including phenoxy) is 1. The zero-order valence-corrected chi connectivity index (χ0v) is 14.0. The average Bonchev–Trinajstić information content (AvgIpc) is 3.02. The van der Waals surface area contributed by atoms with Crippen LogP contribution in [0.1, 0.15) is 5.56 Å². The molecule has 0 aliphatic carbocycles. The Morgan fingerprint density at radius 3 is 2.72 bits per heavy atom. The van der Waals surface area contributed by atoms with Crippen molar-refractivity contribution in [1.29, 1.82) is 0 Å². The number of halogens is 1. The molecule has 1 aliphatic rings. The van der Waals surface area contributed by atoms with Gasteiger partial charge in [0, 0.05) is 42.4 Å². The lowest BCUT2D eigenvalue weighted by molar-refractivity contribution is -0.384. The van der Waals surface area contributed by atoms with Crippen molar-refractivity contribution in [3.05, 3.63) is 63.2 Å². The highest BCUT2D eigenvalue weighted by atomic mass is 35.5. The molecule has 0 radical (unpaired) electrons. The maximum Gasteiger partial charge on any atom is 0.269 e. The monoisotopic (exact) mass is 361 g/mol. The molecule has 1 heterocycles. The van der Waals surface area contributed by atoms with Crippen molar-refractivity contribution in [2.75, 3.05) is 18.4 Å². The molecule has 1 atom stereocenters. The van der Waals surface area contributed by atoms with E-state index in [4.69, 9.17) is 16.3 Å². The van der Waals surface area contributed by atoms with E-state index in [1.165, 1.54) is 12.1 Å². The van der Waals surface area contributed by atoms with E-state index in [0.29, 0.717) is 30.3 Å². The van der Waals surface area contributed by atoms with Gasteiger partial charge in [-0.25, -0.2) is 0 Å². The highest BCUT2D eigenvalue weighted by molar-refractivity contribution is 6.30. The zero-order chi connectivity index (χ0) is 17.8. The van der Waals surface area contributed by atoms with Crippen LogP contribution in [-0.4, -0.2) is 30.0 Å². The van der Waals surface area contributed by atoms with Gasteiger partial charge in [-0.05, 0) is 35.9 Å². The Morgan fingerprint density at radius 1 is 1.24 bits per heavy atom. The van der Waals surface area contributed by atoms with Crippen molar-refractivity contribution in [2.24, 2.45) is 0 Å². The average molecular weight is 362 g/mol. The third-order valence-electron chi connectivity index (χ3n) is 3.82. The first kappa shape index (κ1) is 17.0. The predicted molar refractivity (Wildman–Crippen MR) is 94.2 cm³/mol. The summed E-state index contributed by atoms with van der Waals surface area (Å²) in [4.78, 5) is 22.3. The standard InChI is InChI=1S/C17H16ClN3O4/c18-12-1-6-15-11(9-12)10-16(25-15)17(22)20-8-7-19-13-2-4-14(5-3-13)21(23)24/h1-6,9,16,19H,7-8,10H2,(H,20,22)/t16-/m0/s1. The third kappa shape index (κ3) is 4.19. The summed E-state index contributed by atoms with van der Waals surface area (Å²) in [6, 6.07) is 11.4. The van der Waals surface area contributed by atoms with Crippen LogP contribution in [0.3, 0.4) is 0 Å². The second-order valence-corrected chi connectivity index (χ2v) is 6.02. The van der Waals surface area contributed by atoms with Crippen LogP contribution in [0.15, 0.2) is 42.5 Å². The molecular formula is C17H16ClN3O4. The fraction of sp³-hybridized carbons (Fsp3) is 0.235. The van der Waals surface area contributed by atoms with Gasteiger partial charge in [0.1, 0.15) is 5.75 Å². The highest BCUT2D eigenvalue weighted by Crippen LogP contribution is 2.31. The molecule has 7 nitrogen and oxygen atoms in total. The first-order chi connectivity index (χ1) is 12.0. The predicted octanol–water partition coefficient (Wildman–Crippen LogP) is 2.78. The molecule has 2 N–H and O–H groups in total. The van der Waals surface area contributed by atoms with Crippen molar-refractivity contribution < 1.29 is 14.5 Å². The Morgan fingerprint density at radius 2 is 2.00 bits per heavy atom. The van der Waals surface area contributed by atoms with Gasteiger partial charge in [-0.3, -0.25) is 14.9 Å². The topological polar surface area (TPSA) is 93.5 Å². The molecular weight excluding hydrogens is 346 g/mol. The van der Waals surface area contributed by atoms with Gasteiger partial charge in [0.25, 0.3) is 11.6 Å². The number of carbonyl (C=O) groups excluding carboxylic acids is 1. The van der Waals surface area contributed by atoms with Gasteiger partial charge in [-0.1, -0.05) is 11.6 Å². The maximum absolute atomic E-state index is 12.2. The molecule has 1 aliphatic heterocycles. The Labute approximate surface area is 149 Å². The van der Waals surface area contributed by atoms with Gasteiger partial charge in [-0.2, -0.15) is 0 Å². The number of anilines is 1. The summed E-state index contributed by atoms with van der Waals surface area (Å²) in [5.41, 5.74) is 1.72. The summed E-state index contributed by atoms with van der Waals surface area (Å²) in [6.07, 6.45) is -0.0508.